The van der Waals surface area contributed by atoms with Crippen molar-refractivity contribution in [1.82, 2.24) is 10.2 Å². The number of fused-ring (bicyclic) bond motifs is 5. The third-order valence-electron chi connectivity index (χ3n) is 12.1. The summed E-state index contributed by atoms with van der Waals surface area (Å²) in [6.07, 6.45) is 11.7. The number of carbonyl (C=O) groups excluding carboxylic acids is 3. The van der Waals surface area contributed by atoms with Crippen LogP contribution in [0.15, 0.2) is 16.8 Å². The summed E-state index contributed by atoms with van der Waals surface area (Å²) in [6.45, 7) is 12.9. The number of oxime groups is 1. The Balaban J connectivity index is 1.23. The molecule has 1 unspecified atom stereocenters. The number of hydrogen-bond acceptors (Lipinski definition) is 7. The SMILES string of the molecule is C/C(=N\OC(=O)N(CCC1NCCC1(C)C)COC=O)[C@H]1CC[C@H]2[C@@H]3CCC4=CC(=O)CC[C@]4(C)[C@H]3CC[C@]12C. The zero-order chi connectivity index (χ0) is 28.7. The number of carbonyl (C=O) groups is 3. The van der Waals surface area contributed by atoms with Crippen molar-refractivity contribution in [3.63, 3.8) is 0 Å². The average Bonchev–Trinajstić information content (AvgIpc) is 3.45. The molecular formula is C32H49N3O5. The second-order valence-electron chi connectivity index (χ2n) is 14.4. The Morgan fingerprint density at radius 2 is 1.90 bits per heavy atom. The van der Waals surface area contributed by atoms with Gasteiger partial charge in [0.15, 0.2) is 12.5 Å². The van der Waals surface area contributed by atoms with Crippen LogP contribution in [0.1, 0.15) is 98.8 Å². The van der Waals surface area contributed by atoms with E-state index in [0.29, 0.717) is 43.0 Å². The number of nitrogens with one attached hydrogen (secondary N) is 1. The minimum Gasteiger partial charge on any atom is -0.446 e. The summed E-state index contributed by atoms with van der Waals surface area (Å²) in [5.74, 6) is 2.56. The summed E-state index contributed by atoms with van der Waals surface area (Å²) in [7, 11) is 0. The van der Waals surface area contributed by atoms with E-state index in [2.05, 4.69) is 38.2 Å². The van der Waals surface area contributed by atoms with Gasteiger partial charge >= 0.3 is 6.09 Å². The van der Waals surface area contributed by atoms with Gasteiger partial charge in [-0.25, -0.2) is 4.79 Å². The number of rotatable bonds is 8. The highest BCUT2D eigenvalue weighted by Crippen LogP contribution is 2.66. The van der Waals surface area contributed by atoms with Crippen molar-refractivity contribution in [2.24, 2.45) is 45.1 Å². The largest absolute Gasteiger partial charge is 0.446 e. The second kappa shape index (κ2) is 11.2. The fourth-order valence-corrected chi connectivity index (χ4v) is 9.60. The van der Waals surface area contributed by atoms with Crippen molar-refractivity contribution in [2.45, 2.75) is 105 Å². The number of ketones is 1. The Morgan fingerprint density at radius 1 is 1.10 bits per heavy atom. The number of hydrogen-bond donors (Lipinski definition) is 1. The molecule has 1 aliphatic heterocycles. The standard InChI is InChI=1S/C32H49N3O5/c1-21(34-40-29(38)35(19-39-20-36)17-12-28-30(2,3)15-16-33-28)25-8-9-26-24-7-6-22-18-23(37)10-13-31(22,4)27(24)11-14-32(25,26)5/h18,20,24-28,33H,6-17,19H2,1-5H3/b34-21+/t24-,25+,26-,27-,28?,31-,32+/m0/s1. The molecule has 4 aliphatic carbocycles. The Kier molecular flexibility index (Phi) is 8.21. The van der Waals surface area contributed by atoms with Gasteiger partial charge in [0, 0.05) is 24.9 Å². The van der Waals surface area contributed by atoms with Gasteiger partial charge in [-0.3, -0.25) is 19.3 Å². The molecule has 7 atom stereocenters. The van der Waals surface area contributed by atoms with Crippen molar-refractivity contribution in [1.29, 1.82) is 0 Å². The van der Waals surface area contributed by atoms with E-state index in [1.165, 1.54) is 29.7 Å². The third-order valence-corrected chi connectivity index (χ3v) is 12.1. The molecule has 0 radical (unpaired) electrons. The van der Waals surface area contributed by atoms with Crippen molar-refractivity contribution in [2.75, 3.05) is 19.8 Å². The van der Waals surface area contributed by atoms with Crippen molar-refractivity contribution >= 4 is 24.1 Å². The molecule has 1 N–H and O–H groups in total. The molecule has 0 aromatic carbocycles. The smallest absolute Gasteiger partial charge is 0.438 e. The highest BCUT2D eigenvalue weighted by Gasteiger charge is 2.59. The molecule has 0 bridgehead atoms. The molecule has 8 nitrogen and oxygen atoms in total. The maximum atomic E-state index is 13.0. The van der Waals surface area contributed by atoms with E-state index in [0.717, 1.165) is 50.8 Å². The first kappa shape index (κ1) is 29.3. The normalized spacial score (nSPS) is 38.5. The first-order valence-corrected chi connectivity index (χ1v) is 15.5. The summed E-state index contributed by atoms with van der Waals surface area (Å²) in [5, 5.41) is 7.91. The summed E-state index contributed by atoms with van der Waals surface area (Å²) in [6, 6.07) is 0.289. The highest BCUT2D eigenvalue weighted by atomic mass is 16.7. The molecule has 5 rings (SSSR count). The molecule has 0 aromatic rings. The fraction of sp³-hybridized carbons (Fsp3) is 0.812. The molecule has 40 heavy (non-hydrogen) atoms. The molecule has 222 valence electrons. The quantitative estimate of drug-likeness (QED) is 0.133. The lowest BCUT2D eigenvalue weighted by Gasteiger charge is -2.58. The summed E-state index contributed by atoms with van der Waals surface area (Å²) in [4.78, 5) is 42.9. The molecule has 0 spiro atoms. The van der Waals surface area contributed by atoms with E-state index >= 15 is 0 Å². The van der Waals surface area contributed by atoms with E-state index < -0.39 is 6.09 Å². The molecule has 1 heterocycles. The monoisotopic (exact) mass is 555 g/mol. The minimum absolute atomic E-state index is 0.142. The fourth-order valence-electron chi connectivity index (χ4n) is 9.60. The Labute approximate surface area is 239 Å². The van der Waals surface area contributed by atoms with Crippen molar-refractivity contribution < 1.29 is 24.0 Å². The molecule has 8 heteroatoms. The van der Waals surface area contributed by atoms with Gasteiger partial charge in [-0.1, -0.05) is 38.4 Å². The van der Waals surface area contributed by atoms with Gasteiger partial charge in [0.25, 0.3) is 6.47 Å². The lowest BCUT2D eigenvalue weighted by atomic mass is 9.46. The van der Waals surface area contributed by atoms with Crippen LogP contribution in [-0.2, 0) is 19.2 Å². The average molecular weight is 556 g/mol. The Bertz CT molecular complexity index is 1070. The van der Waals surface area contributed by atoms with Crippen molar-refractivity contribution in [3.05, 3.63) is 11.6 Å². The Morgan fingerprint density at radius 3 is 2.62 bits per heavy atom. The minimum atomic E-state index is -0.577. The first-order chi connectivity index (χ1) is 19.0. The second-order valence-corrected chi connectivity index (χ2v) is 14.4. The van der Waals surface area contributed by atoms with Crippen LogP contribution in [0.5, 0.6) is 0 Å². The van der Waals surface area contributed by atoms with Crippen LogP contribution in [0.4, 0.5) is 4.79 Å². The molecule has 5 aliphatic rings. The predicted molar refractivity (Wildman–Crippen MR) is 153 cm³/mol. The number of allylic oxidation sites excluding steroid dienone is 1. The molecular weight excluding hydrogens is 506 g/mol. The van der Waals surface area contributed by atoms with Crippen LogP contribution in [0.3, 0.4) is 0 Å². The summed E-state index contributed by atoms with van der Waals surface area (Å²) >= 11 is 0. The van der Waals surface area contributed by atoms with Gasteiger partial charge in [0.1, 0.15) is 0 Å². The Hall–Kier alpha value is -2.22. The van der Waals surface area contributed by atoms with E-state index in [9.17, 15) is 14.4 Å². The molecule has 0 aromatic heterocycles. The molecule has 3 saturated carbocycles. The van der Waals surface area contributed by atoms with Crippen molar-refractivity contribution in [3.8, 4) is 0 Å². The topological polar surface area (TPSA) is 97.3 Å². The first-order valence-electron chi connectivity index (χ1n) is 15.5. The number of amides is 1. The maximum Gasteiger partial charge on any atom is 0.438 e. The number of ether oxygens (including phenoxy) is 1. The van der Waals surface area contributed by atoms with Crippen LogP contribution in [-0.4, -0.2) is 54.8 Å². The van der Waals surface area contributed by atoms with E-state index in [-0.39, 0.29) is 34.9 Å². The molecule has 1 saturated heterocycles. The maximum absolute atomic E-state index is 13.0. The van der Waals surface area contributed by atoms with Crippen LogP contribution in [0.2, 0.25) is 0 Å². The molecule has 4 fully saturated rings. The van der Waals surface area contributed by atoms with E-state index in [1.54, 1.807) is 0 Å². The third kappa shape index (κ3) is 5.25. The van der Waals surface area contributed by atoms with Crippen LogP contribution >= 0.6 is 0 Å². The van der Waals surface area contributed by atoms with E-state index in [4.69, 9.17) is 9.57 Å². The van der Waals surface area contributed by atoms with Gasteiger partial charge < -0.3 is 10.1 Å². The van der Waals surface area contributed by atoms with E-state index in [1.807, 2.05) is 13.0 Å². The van der Waals surface area contributed by atoms with Gasteiger partial charge in [-0.05, 0) is 111 Å². The zero-order valence-corrected chi connectivity index (χ0v) is 25.2. The lowest BCUT2D eigenvalue weighted by Crippen LogP contribution is -2.51. The van der Waals surface area contributed by atoms with Gasteiger partial charge in [-0.2, -0.15) is 0 Å². The predicted octanol–water partition coefficient (Wildman–Crippen LogP) is 5.86. The molecule has 1 amide bonds. The van der Waals surface area contributed by atoms with Crippen LogP contribution < -0.4 is 5.32 Å². The van der Waals surface area contributed by atoms with Gasteiger partial charge in [-0.15, -0.1) is 0 Å². The summed E-state index contributed by atoms with van der Waals surface area (Å²) in [5.41, 5.74) is 2.76. The van der Waals surface area contributed by atoms with Crippen LogP contribution in [0.25, 0.3) is 0 Å². The zero-order valence-electron chi connectivity index (χ0n) is 25.2. The van der Waals surface area contributed by atoms with Gasteiger partial charge in [0.05, 0.1) is 5.71 Å². The number of nitrogens with zero attached hydrogens (tertiary/aromatic N) is 2. The van der Waals surface area contributed by atoms with Crippen LogP contribution in [0, 0.1) is 39.9 Å². The summed E-state index contributed by atoms with van der Waals surface area (Å²) < 4.78 is 4.93. The highest BCUT2D eigenvalue weighted by molar-refractivity contribution is 5.91. The van der Waals surface area contributed by atoms with Gasteiger partial charge in [0.2, 0.25) is 0 Å². The lowest BCUT2D eigenvalue weighted by molar-refractivity contribution is -0.132.